The fourth-order valence-corrected chi connectivity index (χ4v) is 4.08. The summed E-state index contributed by atoms with van der Waals surface area (Å²) in [6.45, 7) is 2.95. The molecule has 2 amide bonds. The van der Waals surface area contributed by atoms with Gasteiger partial charge in [0.05, 0.1) is 24.6 Å². The molecule has 0 spiro atoms. The number of carbonyl (C=O) groups is 3. The Balaban J connectivity index is 1.54. The Bertz CT molecular complexity index is 853. The zero-order valence-corrected chi connectivity index (χ0v) is 17.2. The van der Waals surface area contributed by atoms with Gasteiger partial charge < -0.3 is 10.1 Å². The maximum absolute atomic E-state index is 12.4. The zero-order chi connectivity index (χ0) is 20.6. The summed E-state index contributed by atoms with van der Waals surface area (Å²) in [4.78, 5) is 42.5. The van der Waals surface area contributed by atoms with Crippen LogP contribution >= 0.6 is 11.3 Å². The van der Waals surface area contributed by atoms with E-state index in [9.17, 15) is 14.4 Å². The molecule has 1 unspecified atom stereocenters. The third kappa shape index (κ3) is 5.87. The first-order valence-electron chi connectivity index (χ1n) is 9.79. The summed E-state index contributed by atoms with van der Waals surface area (Å²) in [5, 5.41) is 5.26. The van der Waals surface area contributed by atoms with Gasteiger partial charge in [-0.15, -0.1) is 11.3 Å². The highest BCUT2D eigenvalue weighted by molar-refractivity contribution is 7.14. The topological polar surface area (TPSA) is 88.6 Å². The molecule has 0 aliphatic carbocycles. The van der Waals surface area contributed by atoms with E-state index in [4.69, 9.17) is 4.74 Å². The van der Waals surface area contributed by atoms with Crippen molar-refractivity contribution in [1.82, 2.24) is 10.3 Å². The van der Waals surface area contributed by atoms with Crippen molar-refractivity contribution in [1.29, 1.82) is 0 Å². The molecule has 1 fully saturated rings. The van der Waals surface area contributed by atoms with Gasteiger partial charge in [0.1, 0.15) is 0 Å². The number of ether oxygens (including phenoxy) is 1. The van der Waals surface area contributed by atoms with E-state index in [1.54, 1.807) is 17.2 Å². The molecule has 0 radical (unpaired) electrons. The van der Waals surface area contributed by atoms with Gasteiger partial charge in [0.2, 0.25) is 11.8 Å². The van der Waals surface area contributed by atoms with Crippen molar-refractivity contribution >= 4 is 34.3 Å². The van der Waals surface area contributed by atoms with Crippen molar-refractivity contribution in [3.63, 3.8) is 0 Å². The minimum atomic E-state index is -0.450. The van der Waals surface area contributed by atoms with Gasteiger partial charge in [-0.3, -0.25) is 19.3 Å². The second-order valence-electron chi connectivity index (χ2n) is 6.89. The number of esters is 1. The number of aromatic nitrogens is 1. The van der Waals surface area contributed by atoms with Crippen molar-refractivity contribution in [3.8, 4) is 0 Å². The largest absolute Gasteiger partial charge is 0.466 e. The Morgan fingerprint density at radius 2 is 2.10 bits per heavy atom. The van der Waals surface area contributed by atoms with Crippen LogP contribution in [0, 0.1) is 5.92 Å². The summed E-state index contributed by atoms with van der Waals surface area (Å²) in [6, 6.07) is 9.65. The number of nitrogens with one attached hydrogen (secondary N) is 1. The number of benzene rings is 1. The molecule has 154 valence electrons. The lowest BCUT2D eigenvalue weighted by atomic mass is 9.99. The van der Waals surface area contributed by atoms with Gasteiger partial charge in [-0.1, -0.05) is 30.3 Å². The number of amides is 2. The van der Waals surface area contributed by atoms with Crippen molar-refractivity contribution in [2.75, 3.05) is 24.6 Å². The fourth-order valence-electron chi connectivity index (χ4n) is 3.21. The number of carbonyl (C=O) groups excluding carboxylic acids is 3. The van der Waals surface area contributed by atoms with Gasteiger partial charge in [0.25, 0.3) is 0 Å². The smallest absolute Gasteiger partial charge is 0.311 e. The Hall–Kier alpha value is -2.74. The molecule has 0 bridgehead atoms. The van der Waals surface area contributed by atoms with E-state index >= 15 is 0 Å². The maximum Gasteiger partial charge on any atom is 0.311 e. The van der Waals surface area contributed by atoms with E-state index in [1.165, 1.54) is 11.3 Å². The quantitative estimate of drug-likeness (QED) is 0.635. The summed E-state index contributed by atoms with van der Waals surface area (Å²) in [5.41, 5.74) is 1.64. The molecule has 1 N–H and O–H groups in total. The summed E-state index contributed by atoms with van der Waals surface area (Å²) in [6.07, 6.45) is 1.99. The number of thiazole rings is 1. The Kier molecular flexibility index (Phi) is 7.35. The SMILES string of the molecule is CCOC(=O)C(CNC(=O)Cc1csc(N2CCCC2=O)n1)Cc1ccccc1. The van der Waals surface area contributed by atoms with E-state index in [0.29, 0.717) is 36.8 Å². The average molecular weight is 416 g/mol. The number of hydrogen-bond acceptors (Lipinski definition) is 6. The monoisotopic (exact) mass is 415 g/mol. The van der Waals surface area contributed by atoms with Crippen LogP contribution in [0.4, 0.5) is 5.13 Å². The highest BCUT2D eigenvalue weighted by Gasteiger charge is 2.25. The van der Waals surface area contributed by atoms with Crippen LogP contribution in [0.25, 0.3) is 0 Å². The van der Waals surface area contributed by atoms with Gasteiger partial charge in [0.15, 0.2) is 5.13 Å². The van der Waals surface area contributed by atoms with Gasteiger partial charge in [-0.05, 0) is 25.3 Å². The van der Waals surface area contributed by atoms with Crippen molar-refractivity contribution < 1.29 is 19.1 Å². The number of anilines is 1. The molecular weight excluding hydrogens is 390 g/mol. The van der Waals surface area contributed by atoms with Crippen LogP contribution in [0.2, 0.25) is 0 Å². The van der Waals surface area contributed by atoms with Gasteiger partial charge in [-0.2, -0.15) is 0 Å². The van der Waals surface area contributed by atoms with Crippen molar-refractivity contribution in [2.45, 2.75) is 32.6 Å². The maximum atomic E-state index is 12.4. The molecule has 8 heteroatoms. The van der Waals surface area contributed by atoms with E-state index in [0.717, 1.165) is 12.0 Å². The lowest BCUT2D eigenvalue weighted by Gasteiger charge is -2.16. The molecule has 3 rings (SSSR count). The lowest BCUT2D eigenvalue weighted by molar-refractivity contribution is -0.147. The standard InChI is InChI=1S/C21H25N3O4S/c1-2-28-20(27)16(11-15-7-4-3-5-8-15)13-22-18(25)12-17-14-29-21(23-17)24-10-6-9-19(24)26/h3-5,7-8,14,16H,2,6,9-13H2,1H3,(H,22,25). The second-order valence-corrected chi connectivity index (χ2v) is 7.73. The van der Waals surface area contributed by atoms with Gasteiger partial charge >= 0.3 is 5.97 Å². The van der Waals surface area contributed by atoms with Gasteiger partial charge in [-0.25, -0.2) is 4.98 Å². The molecular formula is C21H25N3O4S. The van der Waals surface area contributed by atoms with Crippen LogP contribution in [0.1, 0.15) is 31.0 Å². The molecule has 7 nitrogen and oxygen atoms in total. The highest BCUT2D eigenvalue weighted by atomic mass is 32.1. The Morgan fingerprint density at radius 1 is 1.31 bits per heavy atom. The molecule has 1 saturated heterocycles. The van der Waals surface area contributed by atoms with E-state index in [1.807, 2.05) is 30.3 Å². The molecule has 1 aromatic heterocycles. The van der Waals surface area contributed by atoms with Gasteiger partial charge in [0, 0.05) is 24.9 Å². The second kappa shape index (κ2) is 10.2. The van der Waals surface area contributed by atoms with Crippen LogP contribution in [-0.4, -0.2) is 42.5 Å². The molecule has 1 aliphatic rings. The lowest BCUT2D eigenvalue weighted by Crippen LogP contribution is -2.35. The third-order valence-electron chi connectivity index (χ3n) is 4.68. The van der Waals surface area contributed by atoms with Crippen LogP contribution in [-0.2, 0) is 32.0 Å². The van der Waals surface area contributed by atoms with Crippen LogP contribution in [0.5, 0.6) is 0 Å². The average Bonchev–Trinajstić information content (AvgIpc) is 3.34. The first kappa shape index (κ1) is 21.0. The Labute approximate surface area is 174 Å². The summed E-state index contributed by atoms with van der Waals surface area (Å²) in [7, 11) is 0. The molecule has 1 aromatic carbocycles. The summed E-state index contributed by atoms with van der Waals surface area (Å²) >= 11 is 1.37. The van der Waals surface area contributed by atoms with E-state index in [-0.39, 0.29) is 30.7 Å². The van der Waals surface area contributed by atoms with Crippen molar-refractivity contribution in [2.24, 2.45) is 5.92 Å². The zero-order valence-electron chi connectivity index (χ0n) is 16.4. The summed E-state index contributed by atoms with van der Waals surface area (Å²) < 4.78 is 5.16. The van der Waals surface area contributed by atoms with Crippen molar-refractivity contribution in [3.05, 3.63) is 47.0 Å². The van der Waals surface area contributed by atoms with E-state index in [2.05, 4.69) is 10.3 Å². The number of nitrogens with zero attached hydrogens (tertiary/aromatic N) is 2. The predicted octanol–water partition coefficient (Wildman–Crippen LogP) is 2.35. The predicted molar refractivity (Wildman–Crippen MR) is 111 cm³/mol. The number of hydrogen-bond donors (Lipinski definition) is 1. The first-order chi connectivity index (χ1) is 14.1. The minimum Gasteiger partial charge on any atom is -0.466 e. The first-order valence-corrected chi connectivity index (χ1v) is 10.7. The molecule has 2 aromatic rings. The normalized spacial score (nSPS) is 14.7. The molecule has 1 atom stereocenters. The molecule has 1 aliphatic heterocycles. The number of rotatable bonds is 9. The minimum absolute atomic E-state index is 0.0774. The molecule has 2 heterocycles. The van der Waals surface area contributed by atoms with Crippen LogP contribution in [0.3, 0.4) is 0 Å². The highest BCUT2D eigenvalue weighted by Crippen LogP contribution is 2.25. The van der Waals surface area contributed by atoms with Crippen LogP contribution in [0.15, 0.2) is 35.7 Å². The van der Waals surface area contributed by atoms with Crippen LogP contribution < -0.4 is 10.2 Å². The molecule has 29 heavy (non-hydrogen) atoms. The summed E-state index contributed by atoms with van der Waals surface area (Å²) in [5.74, 6) is -0.903. The van der Waals surface area contributed by atoms with E-state index < -0.39 is 5.92 Å². The molecule has 0 saturated carbocycles. The Morgan fingerprint density at radius 3 is 2.79 bits per heavy atom. The fraction of sp³-hybridized carbons (Fsp3) is 0.429. The third-order valence-corrected chi connectivity index (χ3v) is 5.59.